The fourth-order valence-corrected chi connectivity index (χ4v) is 1.27. The normalized spacial score (nSPS) is 15.5. The van der Waals surface area contributed by atoms with E-state index in [1.807, 2.05) is 0 Å². The molecule has 0 aliphatic rings. The summed E-state index contributed by atoms with van der Waals surface area (Å²) in [7, 11) is 0. The highest BCUT2D eigenvalue weighted by Crippen LogP contribution is 2.24. The van der Waals surface area contributed by atoms with Gasteiger partial charge in [-0.15, -0.1) is 0 Å². The first-order chi connectivity index (χ1) is 6.02. The van der Waals surface area contributed by atoms with Crippen LogP contribution in [0.3, 0.4) is 0 Å². The van der Waals surface area contributed by atoms with E-state index in [0.29, 0.717) is 0 Å². The van der Waals surface area contributed by atoms with Gasteiger partial charge in [-0.1, -0.05) is 22.0 Å². The van der Waals surface area contributed by atoms with Gasteiger partial charge in [0.2, 0.25) is 0 Å². The molecule has 0 aromatic heterocycles. The SMILES string of the molecule is CC(Br)C(O)c1ccc(F)cc1F. The van der Waals surface area contributed by atoms with Gasteiger partial charge in [-0.2, -0.15) is 0 Å². The molecule has 2 atom stereocenters. The lowest BCUT2D eigenvalue weighted by molar-refractivity contribution is 0.176. The largest absolute Gasteiger partial charge is 0.387 e. The summed E-state index contributed by atoms with van der Waals surface area (Å²) in [6.07, 6.45) is -0.958. The first-order valence-electron chi connectivity index (χ1n) is 3.79. The number of aliphatic hydroxyl groups excluding tert-OH is 1. The van der Waals surface area contributed by atoms with Crippen molar-refractivity contribution in [2.75, 3.05) is 0 Å². The Kier molecular flexibility index (Phi) is 3.39. The molecule has 0 saturated carbocycles. The van der Waals surface area contributed by atoms with Crippen LogP contribution in [-0.4, -0.2) is 9.93 Å². The molecule has 4 heteroatoms. The van der Waals surface area contributed by atoms with E-state index in [0.717, 1.165) is 12.1 Å². The summed E-state index contributed by atoms with van der Waals surface area (Å²) in [6, 6.07) is 3.12. The second kappa shape index (κ2) is 4.15. The maximum atomic E-state index is 13.0. The maximum absolute atomic E-state index is 13.0. The molecule has 1 rings (SSSR count). The van der Waals surface area contributed by atoms with Crippen LogP contribution < -0.4 is 0 Å². The Morgan fingerprint density at radius 1 is 1.38 bits per heavy atom. The third kappa shape index (κ3) is 2.48. The van der Waals surface area contributed by atoms with E-state index >= 15 is 0 Å². The number of benzene rings is 1. The monoisotopic (exact) mass is 250 g/mol. The average molecular weight is 251 g/mol. The minimum Gasteiger partial charge on any atom is -0.387 e. The molecule has 0 spiro atoms. The van der Waals surface area contributed by atoms with Crippen molar-refractivity contribution in [3.8, 4) is 0 Å². The van der Waals surface area contributed by atoms with Gasteiger partial charge in [0.1, 0.15) is 11.6 Å². The molecule has 0 radical (unpaired) electrons. The number of hydrogen-bond donors (Lipinski definition) is 1. The second-order valence-corrected chi connectivity index (χ2v) is 4.23. The van der Waals surface area contributed by atoms with Crippen molar-refractivity contribution < 1.29 is 13.9 Å². The molecule has 72 valence electrons. The van der Waals surface area contributed by atoms with Crippen LogP contribution >= 0.6 is 15.9 Å². The summed E-state index contributed by atoms with van der Waals surface area (Å²) in [6.45, 7) is 1.69. The molecule has 1 aromatic carbocycles. The average Bonchev–Trinajstić information content (AvgIpc) is 2.03. The van der Waals surface area contributed by atoms with E-state index in [-0.39, 0.29) is 10.4 Å². The van der Waals surface area contributed by atoms with Crippen LogP contribution in [0.2, 0.25) is 0 Å². The molecule has 1 nitrogen and oxygen atoms in total. The maximum Gasteiger partial charge on any atom is 0.131 e. The Bertz CT molecular complexity index is 302. The van der Waals surface area contributed by atoms with Crippen molar-refractivity contribution in [3.63, 3.8) is 0 Å². The zero-order valence-electron chi connectivity index (χ0n) is 6.97. The summed E-state index contributed by atoms with van der Waals surface area (Å²) in [4.78, 5) is -0.271. The first-order valence-corrected chi connectivity index (χ1v) is 4.71. The molecule has 0 bridgehead atoms. The molecular weight excluding hydrogens is 242 g/mol. The molecular formula is C9H9BrF2O. The number of halogens is 3. The van der Waals surface area contributed by atoms with Gasteiger partial charge in [-0.25, -0.2) is 8.78 Å². The second-order valence-electron chi connectivity index (χ2n) is 2.79. The van der Waals surface area contributed by atoms with Crippen LogP contribution in [0, 0.1) is 11.6 Å². The van der Waals surface area contributed by atoms with Gasteiger partial charge in [0.25, 0.3) is 0 Å². The van der Waals surface area contributed by atoms with E-state index in [2.05, 4.69) is 15.9 Å². The van der Waals surface area contributed by atoms with Gasteiger partial charge in [-0.05, 0) is 13.0 Å². The molecule has 13 heavy (non-hydrogen) atoms. The zero-order chi connectivity index (χ0) is 10.0. The molecule has 0 saturated heterocycles. The van der Waals surface area contributed by atoms with E-state index in [4.69, 9.17) is 0 Å². The topological polar surface area (TPSA) is 20.2 Å². The number of alkyl halides is 1. The van der Waals surface area contributed by atoms with Crippen LogP contribution in [-0.2, 0) is 0 Å². The number of aliphatic hydroxyl groups is 1. The summed E-state index contributed by atoms with van der Waals surface area (Å²) in [5.41, 5.74) is 0.103. The van der Waals surface area contributed by atoms with Gasteiger partial charge in [0.05, 0.1) is 6.10 Å². The van der Waals surface area contributed by atoms with Gasteiger partial charge in [-0.3, -0.25) is 0 Å². The fraction of sp³-hybridized carbons (Fsp3) is 0.333. The van der Waals surface area contributed by atoms with E-state index in [9.17, 15) is 13.9 Å². The van der Waals surface area contributed by atoms with Crippen molar-refractivity contribution in [1.82, 2.24) is 0 Å². The van der Waals surface area contributed by atoms with Crippen molar-refractivity contribution >= 4 is 15.9 Å². The lowest BCUT2D eigenvalue weighted by atomic mass is 10.1. The molecule has 0 fully saturated rings. The van der Waals surface area contributed by atoms with Gasteiger partial charge >= 0.3 is 0 Å². The first kappa shape index (κ1) is 10.6. The van der Waals surface area contributed by atoms with Crippen LogP contribution in [0.25, 0.3) is 0 Å². The van der Waals surface area contributed by atoms with E-state index in [1.165, 1.54) is 6.07 Å². The third-order valence-electron chi connectivity index (χ3n) is 1.72. The summed E-state index contributed by atoms with van der Waals surface area (Å²) in [5.74, 6) is -1.37. The lowest BCUT2D eigenvalue weighted by Gasteiger charge is -2.13. The number of rotatable bonds is 2. The Morgan fingerprint density at radius 2 is 2.00 bits per heavy atom. The Labute approximate surface area is 83.5 Å². The van der Waals surface area contributed by atoms with Crippen LogP contribution in [0.15, 0.2) is 18.2 Å². The summed E-state index contributed by atoms with van der Waals surface area (Å²) >= 11 is 3.12. The van der Waals surface area contributed by atoms with Gasteiger partial charge < -0.3 is 5.11 Å². The Balaban J connectivity index is 3.01. The third-order valence-corrected chi connectivity index (χ3v) is 2.22. The standard InChI is InChI=1S/C9H9BrF2O/c1-5(10)9(13)7-3-2-6(11)4-8(7)12/h2-5,9,13H,1H3. The molecule has 0 amide bonds. The van der Waals surface area contributed by atoms with Crippen LogP contribution in [0.4, 0.5) is 8.78 Å². The van der Waals surface area contributed by atoms with Gasteiger partial charge in [0.15, 0.2) is 0 Å². The van der Waals surface area contributed by atoms with Crippen molar-refractivity contribution in [1.29, 1.82) is 0 Å². The predicted molar refractivity (Wildman–Crippen MR) is 49.7 cm³/mol. The molecule has 0 heterocycles. The summed E-state index contributed by atoms with van der Waals surface area (Å²) in [5, 5.41) is 9.46. The molecule has 1 aromatic rings. The van der Waals surface area contributed by atoms with Crippen molar-refractivity contribution in [3.05, 3.63) is 35.4 Å². The van der Waals surface area contributed by atoms with Crippen LogP contribution in [0.1, 0.15) is 18.6 Å². The van der Waals surface area contributed by atoms with E-state index in [1.54, 1.807) is 6.92 Å². The smallest absolute Gasteiger partial charge is 0.131 e. The quantitative estimate of drug-likeness (QED) is 0.801. The zero-order valence-corrected chi connectivity index (χ0v) is 8.55. The van der Waals surface area contributed by atoms with Gasteiger partial charge in [0, 0.05) is 16.5 Å². The molecule has 2 unspecified atom stereocenters. The minimum atomic E-state index is -0.958. The molecule has 1 N–H and O–H groups in total. The number of hydrogen-bond acceptors (Lipinski definition) is 1. The molecule has 0 aliphatic carbocycles. The Hall–Kier alpha value is -0.480. The lowest BCUT2D eigenvalue weighted by Crippen LogP contribution is -2.09. The van der Waals surface area contributed by atoms with E-state index < -0.39 is 17.7 Å². The highest BCUT2D eigenvalue weighted by Gasteiger charge is 2.17. The van der Waals surface area contributed by atoms with Crippen molar-refractivity contribution in [2.24, 2.45) is 0 Å². The minimum absolute atomic E-state index is 0.103. The highest BCUT2D eigenvalue weighted by atomic mass is 79.9. The fourth-order valence-electron chi connectivity index (χ4n) is 0.989. The summed E-state index contributed by atoms with van der Waals surface area (Å²) < 4.78 is 25.5. The Morgan fingerprint density at radius 3 is 2.46 bits per heavy atom. The highest BCUT2D eigenvalue weighted by molar-refractivity contribution is 9.09. The predicted octanol–water partition coefficient (Wildman–Crippen LogP) is 2.78. The van der Waals surface area contributed by atoms with Crippen LogP contribution in [0.5, 0.6) is 0 Å². The molecule has 0 aliphatic heterocycles. The van der Waals surface area contributed by atoms with Crippen molar-refractivity contribution in [2.45, 2.75) is 17.9 Å².